The van der Waals surface area contributed by atoms with Gasteiger partial charge in [-0.1, -0.05) is 29.9 Å². The number of amides is 1. The number of carbonyl (C=O) groups excluding carboxylic acids is 2. The molecule has 1 aromatic rings. The minimum absolute atomic E-state index is 0.00461. The Bertz CT molecular complexity index is 766. The summed E-state index contributed by atoms with van der Waals surface area (Å²) < 4.78 is 30.1. The van der Waals surface area contributed by atoms with E-state index < -0.39 is 28.5 Å². The summed E-state index contributed by atoms with van der Waals surface area (Å²) in [5.74, 6) is -1.14. The van der Waals surface area contributed by atoms with Crippen LogP contribution in [0, 0.1) is 5.92 Å². The summed E-state index contributed by atoms with van der Waals surface area (Å²) in [6.07, 6.45) is 0. The highest BCUT2D eigenvalue weighted by molar-refractivity contribution is 7.89. The first-order chi connectivity index (χ1) is 12.0. The van der Waals surface area contributed by atoms with Gasteiger partial charge in [0.2, 0.25) is 0 Å². The summed E-state index contributed by atoms with van der Waals surface area (Å²) >= 11 is 5.95. The number of hydrogen-bond donors (Lipinski definition) is 1. The average molecular weight is 407 g/mol. The number of hydrogen-bond acceptors (Lipinski definition) is 6. The summed E-state index contributed by atoms with van der Waals surface area (Å²) in [7, 11) is -1.55. The number of hydroxylamine groups is 1. The zero-order valence-electron chi connectivity index (χ0n) is 15.3. The van der Waals surface area contributed by atoms with E-state index in [0.717, 1.165) is 6.07 Å². The number of nitrogens with one attached hydrogen (secondary N) is 1. The minimum Gasteiger partial charge on any atom is -0.452 e. The van der Waals surface area contributed by atoms with Crippen LogP contribution in [0.15, 0.2) is 23.1 Å². The first kappa shape index (κ1) is 22.4. The predicted molar refractivity (Wildman–Crippen MR) is 96.1 cm³/mol. The van der Waals surface area contributed by atoms with Crippen molar-refractivity contribution in [3.05, 3.63) is 28.8 Å². The number of rotatable bonds is 8. The lowest BCUT2D eigenvalue weighted by Gasteiger charge is -2.17. The zero-order chi connectivity index (χ0) is 20.1. The summed E-state index contributed by atoms with van der Waals surface area (Å²) in [6.45, 7) is 5.22. The molecule has 1 aromatic carbocycles. The third-order valence-corrected chi connectivity index (χ3v) is 5.78. The van der Waals surface area contributed by atoms with Crippen molar-refractivity contribution in [1.82, 2.24) is 9.79 Å². The fourth-order valence-corrected chi connectivity index (χ4v) is 2.93. The summed E-state index contributed by atoms with van der Waals surface area (Å²) in [4.78, 5) is 28.5. The number of sulfonamides is 1. The third-order valence-electron chi connectivity index (χ3n) is 3.77. The monoisotopic (exact) mass is 406 g/mol. The Morgan fingerprint density at radius 2 is 1.88 bits per heavy atom. The van der Waals surface area contributed by atoms with Gasteiger partial charge in [0, 0.05) is 13.1 Å². The van der Waals surface area contributed by atoms with Crippen LogP contribution in [0.4, 0.5) is 0 Å². The smallest absolute Gasteiger partial charge is 0.340 e. The molecule has 0 saturated heterocycles. The van der Waals surface area contributed by atoms with Crippen LogP contribution in [0.3, 0.4) is 0 Å². The molecule has 0 saturated carbocycles. The lowest BCUT2D eigenvalue weighted by Crippen LogP contribution is -2.38. The van der Waals surface area contributed by atoms with Crippen molar-refractivity contribution in [3.8, 4) is 0 Å². The maximum atomic E-state index is 12.2. The van der Waals surface area contributed by atoms with E-state index in [1.165, 1.54) is 26.3 Å². The van der Waals surface area contributed by atoms with Crippen molar-refractivity contribution in [2.24, 2.45) is 5.92 Å². The van der Waals surface area contributed by atoms with Gasteiger partial charge in [-0.2, -0.15) is 0 Å². The van der Waals surface area contributed by atoms with E-state index in [4.69, 9.17) is 16.3 Å². The number of nitrogens with zero attached hydrogens (tertiary/aromatic N) is 1. The van der Waals surface area contributed by atoms with Crippen molar-refractivity contribution in [1.29, 1.82) is 0 Å². The Labute approximate surface area is 158 Å². The molecule has 0 aliphatic heterocycles. The lowest BCUT2D eigenvalue weighted by molar-refractivity contribution is -0.125. The van der Waals surface area contributed by atoms with Crippen molar-refractivity contribution >= 4 is 33.5 Å². The van der Waals surface area contributed by atoms with Gasteiger partial charge in [0.25, 0.3) is 15.9 Å². The van der Waals surface area contributed by atoms with Crippen LogP contribution in [0.2, 0.25) is 5.02 Å². The van der Waals surface area contributed by atoms with Crippen LogP contribution in [-0.2, 0) is 24.4 Å². The molecule has 0 aliphatic carbocycles. The van der Waals surface area contributed by atoms with Gasteiger partial charge in [-0.3, -0.25) is 9.63 Å². The molecule has 0 unspecified atom stereocenters. The molecule has 1 N–H and O–H groups in total. The zero-order valence-corrected chi connectivity index (χ0v) is 16.8. The number of esters is 1. The van der Waals surface area contributed by atoms with E-state index in [1.54, 1.807) is 0 Å². The highest BCUT2D eigenvalue weighted by atomic mass is 35.5. The molecule has 1 atom stereocenters. The van der Waals surface area contributed by atoms with Crippen LogP contribution in [0.5, 0.6) is 0 Å². The lowest BCUT2D eigenvalue weighted by atomic mass is 10.1. The van der Waals surface area contributed by atoms with Gasteiger partial charge < -0.3 is 10.1 Å². The highest BCUT2D eigenvalue weighted by Gasteiger charge is 2.24. The van der Waals surface area contributed by atoms with Gasteiger partial charge in [0.05, 0.1) is 22.6 Å². The molecule has 10 heteroatoms. The largest absolute Gasteiger partial charge is 0.452 e. The maximum absolute atomic E-state index is 12.2. The number of ether oxygens (including phenoxy) is 1. The predicted octanol–water partition coefficient (Wildman–Crippen LogP) is 1.84. The van der Waals surface area contributed by atoms with E-state index in [0.29, 0.717) is 4.47 Å². The molecular weight excluding hydrogens is 384 g/mol. The number of halogens is 1. The first-order valence-electron chi connectivity index (χ1n) is 7.79. The summed E-state index contributed by atoms with van der Waals surface area (Å²) in [5, 5.41) is 2.70. The Hall–Kier alpha value is -1.68. The molecule has 26 heavy (non-hydrogen) atoms. The van der Waals surface area contributed by atoms with E-state index in [-0.39, 0.29) is 27.4 Å². The second kappa shape index (κ2) is 9.31. The third kappa shape index (κ3) is 5.66. The minimum atomic E-state index is -3.95. The van der Waals surface area contributed by atoms with Gasteiger partial charge in [-0.25, -0.2) is 13.2 Å². The Balaban J connectivity index is 2.90. The maximum Gasteiger partial charge on any atom is 0.340 e. The van der Waals surface area contributed by atoms with Crippen molar-refractivity contribution in [2.45, 2.75) is 31.7 Å². The fraction of sp³-hybridized carbons (Fsp3) is 0.500. The van der Waals surface area contributed by atoms with E-state index in [2.05, 4.69) is 10.2 Å². The van der Waals surface area contributed by atoms with Crippen LogP contribution < -0.4 is 5.32 Å². The van der Waals surface area contributed by atoms with Crippen LogP contribution in [-0.4, -0.2) is 51.6 Å². The molecule has 0 aliphatic rings. The van der Waals surface area contributed by atoms with Crippen LogP contribution in [0.25, 0.3) is 0 Å². The Morgan fingerprint density at radius 1 is 1.27 bits per heavy atom. The van der Waals surface area contributed by atoms with Crippen molar-refractivity contribution in [3.63, 3.8) is 0 Å². The molecular formula is C16H23ClN2O6S. The molecule has 1 amide bonds. The Morgan fingerprint density at radius 3 is 2.42 bits per heavy atom. The van der Waals surface area contributed by atoms with Gasteiger partial charge >= 0.3 is 5.97 Å². The summed E-state index contributed by atoms with van der Waals surface area (Å²) in [5.41, 5.74) is -0.165. The van der Waals surface area contributed by atoms with Crippen LogP contribution in [0.1, 0.15) is 31.1 Å². The molecule has 0 aromatic heterocycles. The molecule has 146 valence electrons. The van der Waals surface area contributed by atoms with Crippen molar-refractivity contribution in [2.75, 3.05) is 20.8 Å². The van der Waals surface area contributed by atoms with E-state index in [9.17, 15) is 18.0 Å². The molecule has 0 bridgehead atoms. The normalized spacial score (nSPS) is 12.9. The van der Waals surface area contributed by atoms with E-state index >= 15 is 0 Å². The van der Waals surface area contributed by atoms with Gasteiger partial charge in [0.1, 0.15) is 0 Å². The summed E-state index contributed by atoms with van der Waals surface area (Å²) in [6, 6.07) is 3.49. The van der Waals surface area contributed by atoms with Crippen molar-refractivity contribution < 1.29 is 27.6 Å². The fourth-order valence-electron chi connectivity index (χ4n) is 1.74. The topological polar surface area (TPSA) is 102 Å². The molecule has 0 fully saturated rings. The van der Waals surface area contributed by atoms with Crippen LogP contribution >= 0.6 is 11.6 Å². The van der Waals surface area contributed by atoms with E-state index in [1.807, 2.05) is 20.8 Å². The molecule has 8 nitrogen and oxygen atoms in total. The number of benzene rings is 1. The molecule has 0 spiro atoms. The average Bonchev–Trinajstić information content (AvgIpc) is 2.58. The quantitative estimate of drug-likeness (QED) is 0.522. The first-order valence-corrected chi connectivity index (χ1v) is 9.61. The second-order valence-corrected chi connectivity index (χ2v) is 8.26. The SMILES string of the molecule is CON(C)S(=O)(=O)c1ccc(Cl)c(C(=O)OCC(=O)N[C@@H](C)C(C)C)c1. The molecule has 0 heterocycles. The second-order valence-electron chi connectivity index (χ2n) is 5.92. The highest BCUT2D eigenvalue weighted by Crippen LogP contribution is 2.23. The molecule has 0 radical (unpaired) electrons. The van der Waals surface area contributed by atoms with Gasteiger partial charge in [-0.15, -0.1) is 0 Å². The standard InChI is InChI=1S/C16H23ClN2O6S/c1-10(2)11(3)18-15(20)9-25-16(21)13-8-12(6-7-14(13)17)26(22,23)19(4)24-5/h6-8,10-11H,9H2,1-5H3,(H,18,20)/t11-/m0/s1. The molecule has 1 rings (SSSR count). The van der Waals surface area contributed by atoms with Gasteiger partial charge in [0.15, 0.2) is 6.61 Å². The Kier molecular flexibility index (Phi) is 8.01. The van der Waals surface area contributed by atoms with Gasteiger partial charge in [-0.05, 0) is 31.0 Å². The number of carbonyl (C=O) groups is 2.